The Balaban J connectivity index is 1.60. The Hall–Kier alpha value is -3.37. The van der Waals surface area contributed by atoms with Gasteiger partial charge in [0.2, 0.25) is 0 Å². The van der Waals surface area contributed by atoms with Crippen LogP contribution in [0.4, 0.5) is 19.0 Å². The minimum absolute atomic E-state index is 0.0182. The summed E-state index contributed by atoms with van der Waals surface area (Å²) >= 11 is 1.08. The number of halogens is 3. The van der Waals surface area contributed by atoms with E-state index in [2.05, 4.69) is 4.37 Å². The zero-order chi connectivity index (χ0) is 25.3. The fourth-order valence-electron chi connectivity index (χ4n) is 4.24. The third-order valence-electron chi connectivity index (χ3n) is 6.10. The van der Waals surface area contributed by atoms with Gasteiger partial charge in [0.1, 0.15) is 23.7 Å². The summed E-state index contributed by atoms with van der Waals surface area (Å²) in [5.74, 6) is 1.59. The number of morpholine rings is 1. The van der Waals surface area contributed by atoms with E-state index < -0.39 is 11.7 Å². The first-order valence-electron chi connectivity index (χ1n) is 11.4. The van der Waals surface area contributed by atoms with Crippen LogP contribution in [0.5, 0.6) is 11.6 Å². The number of nitrogens with zero attached hydrogens (tertiary/aromatic N) is 3. The van der Waals surface area contributed by atoms with Gasteiger partial charge in [0, 0.05) is 12.1 Å². The zero-order valence-corrected chi connectivity index (χ0v) is 20.5. The summed E-state index contributed by atoms with van der Waals surface area (Å²) in [6.45, 7) is 3.84. The molecule has 36 heavy (non-hydrogen) atoms. The maximum atomic E-state index is 13.9. The summed E-state index contributed by atoms with van der Waals surface area (Å²) < 4.78 is 63.5. The lowest BCUT2D eigenvalue weighted by Crippen LogP contribution is -2.44. The fraction of sp³-hybridized carbons (Fsp3) is 0.308. The Kier molecular flexibility index (Phi) is 6.72. The molecule has 0 saturated carbocycles. The maximum absolute atomic E-state index is 13.9. The molecule has 1 aliphatic rings. The van der Waals surface area contributed by atoms with Gasteiger partial charge < -0.3 is 19.1 Å². The van der Waals surface area contributed by atoms with Gasteiger partial charge >= 0.3 is 6.18 Å². The lowest BCUT2D eigenvalue weighted by atomic mass is 9.99. The van der Waals surface area contributed by atoms with Gasteiger partial charge in [-0.25, -0.2) is 4.98 Å². The lowest BCUT2D eigenvalue weighted by Gasteiger charge is -2.34. The van der Waals surface area contributed by atoms with Crippen molar-refractivity contribution in [2.45, 2.75) is 25.7 Å². The highest BCUT2D eigenvalue weighted by Gasteiger charge is 2.34. The van der Waals surface area contributed by atoms with E-state index in [1.807, 2.05) is 36.1 Å². The first-order valence-corrected chi connectivity index (χ1v) is 12.2. The summed E-state index contributed by atoms with van der Waals surface area (Å²) in [6, 6.07) is 14.8. The molecule has 1 aliphatic heterocycles. The number of benzene rings is 2. The molecule has 6 nitrogen and oxygen atoms in total. The molecule has 188 valence electrons. The Bertz CT molecular complexity index is 1360. The Morgan fingerprint density at radius 3 is 2.61 bits per heavy atom. The molecule has 0 amide bonds. The Morgan fingerprint density at radius 2 is 1.89 bits per heavy atom. The molecule has 3 heterocycles. The molecule has 5 rings (SSSR count). The van der Waals surface area contributed by atoms with Gasteiger partial charge in [-0.05, 0) is 53.8 Å². The Labute approximate surface area is 210 Å². The van der Waals surface area contributed by atoms with Crippen molar-refractivity contribution in [2.75, 3.05) is 31.8 Å². The van der Waals surface area contributed by atoms with Crippen molar-refractivity contribution in [1.82, 2.24) is 9.36 Å². The van der Waals surface area contributed by atoms with Gasteiger partial charge in [-0.1, -0.05) is 30.3 Å². The number of ether oxygens (including phenoxy) is 3. The monoisotopic (exact) mass is 515 g/mol. The summed E-state index contributed by atoms with van der Waals surface area (Å²) in [5.41, 5.74) is 1.16. The van der Waals surface area contributed by atoms with Crippen LogP contribution in [-0.4, -0.2) is 42.3 Å². The molecule has 2 aromatic heterocycles. The van der Waals surface area contributed by atoms with Gasteiger partial charge in [-0.15, -0.1) is 0 Å². The minimum Gasteiger partial charge on any atom is -0.497 e. The van der Waals surface area contributed by atoms with Gasteiger partial charge in [0.15, 0.2) is 0 Å². The number of hydrogen-bond acceptors (Lipinski definition) is 7. The molecule has 1 fully saturated rings. The van der Waals surface area contributed by atoms with E-state index >= 15 is 0 Å². The van der Waals surface area contributed by atoms with E-state index in [0.717, 1.165) is 28.9 Å². The molecule has 0 spiro atoms. The predicted molar refractivity (Wildman–Crippen MR) is 133 cm³/mol. The van der Waals surface area contributed by atoms with Crippen LogP contribution in [0.3, 0.4) is 0 Å². The van der Waals surface area contributed by atoms with Crippen LogP contribution in [0.25, 0.3) is 21.3 Å². The number of methoxy groups -OCH3 is 1. The van der Waals surface area contributed by atoms with Crippen molar-refractivity contribution >= 4 is 27.6 Å². The largest absolute Gasteiger partial charge is 0.497 e. The van der Waals surface area contributed by atoms with E-state index in [1.54, 1.807) is 19.2 Å². The van der Waals surface area contributed by atoms with Crippen LogP contribution in [0.2, 0.25) is 0 Å². The second-order valence-electron chi connectivity index (χ2n) is 8.49. The standard InChI is InChI=1S/C26H24F3N3O3S/c1-16-14-34-12-11-32(16)22-13-20(19-5-3-4-6-21(19)26(27,28)29)24-23(30-22)25(31-36-24)35-15-17-7-9-18(33-2)10-8-17/h3-10,13,16H,11-12,14-15H2,1-2H3/t16-/m1/s1. The highest BCUT2D eigenvalue weighted by atomic mass is 32.1. The van der Waals surface area contributed by atoms with Crippen LogP contribution in [0, 0.1) is 0 Å². The smallest absolute Gasteiger partial charge is 0.417 e. The summed E-state index contributed by atoms with van der Waals surface area (Å²) in [4.78, 5) is 6.87. The van der Waals surface area contributed by atoms with E-state index in [0.29, 0.717) is 47.2 Å². The van der Waals surface area contributed by atoms with Crippen LogP contribution in [0.15, 0.2) is 54.6 Å². The van der Waals surface area contributed by atoms with E-state index in [-0.39, 0.29) is 18.2 Å². The first-order chi connectivity index (χ1) is 17.3. The van der Waals surface area contributed by atoms with Crippen molar-refractivity contribution in [1.29, 1.82) is 0 Å². The number of alkyl halides is 3. The molecular weight excluding hydrogens is 491 g/mol. The minimum atomic E-state index is -4.50. The molecule has 0 radical (unpaired) electrons. The molecule has 0 unspecified atom stereocenters. The third kappa shape index (κ3) is 4.83. The zero-order valence-electron chi connectivity index (χ0n) is 19.7. The summed E-state index contributed by atoms with van der Waals surface area (Å²) in [5, 5.41) is 0. The maximum Gasteiger partial charge on any atom is 0.417 e. The fourth-order valence-corrected chi connectivity index (χ4v) is 5.04. The molecule has 0 N–H and O–H groups in total. The van der Waals surface area contributed by atoms with Crippen LogP contribution >= 0.6 is 11.5 Å². The molecule has 0 bridgehead atoms. The number of fused-ring (bicyclic) bond motifs is 1. The molecule has 1 saturated heterocycles. The summed E-state index contributed by atoms with van der Waals surface area (Å²) in [6.07, 6.45) is -4.50. The van der Waals surface area contributed by atoms with Crippen molar-refractivity contribution in [3.63, 3.8) is 0 Å². The van der Waals surface area contributed by atoms with Crippen molar-refractivity contribution in [3.8, 4) is 22.8 Å². The van der Waals surface area contributed by atoms with Crippen molar-refractivity contribution in [2.24, 2.45) is 0 Å². The summed E-state index contributed by atoms with van der Waals surface area (Å²) in [7, 11) is 1.60. The molecule has 10 heteroatoms. The average molecular weight is 516 g/mol. The quantitative estimate of drug-likeness (QED) is 0.305. The predicted octanol–water partition coefficient (Wildman–Crippen LogP) is 6.19. The van der Waals surface area contributed by atoms with Crippen LogP contribution in [-0.2, 0) is 17.5 Å². The van der Waals surface area contributed by atoms with Gasteiger partial charge in [0.05, 0.1) is 36.6 Å². The SMILES string of the molecule is COc1ccc(COc2nsc3c(-c4ccccc4C(F)(F)F)cc(N4CCOC[C@H]4C)nc23)cc1. The second kappa shape index (κ2) is 9.94. The van der Waals surface area contributed by atoms with Gasteiger partial charge in [-0.3, -0.25) is 0 Å². The third-order valence-corrected chi connectivity index (χ3v) is 6.95. The Morgan fingerprint density at radius 1 is 1.11 bits per heavy atom. The lowest BCUT2D eigenvalue weighted by molar-refractivity contribution is -0.137. The number of hydrogen-bond donors (Lipinski definition) is 0. The van der Waals surface area contributed by atoms with Crippen molar-refractivity contribution in [3.05, 3.63) is 65.7 Å². The highest BCUT2D eigenvalue weighted by Crippen LogP contribution is 2.43. The van der Waals surface area contributed by atoms with Crippen LogP contribution in [0.1, 0.15) is 18.1 Å². The molecular formula is C26H24F3N3O3S. The molecule has 1 atom stereocenters. The number of rotatable bonds is 6. The highest BCUT2D eigenvalue weighted by molar-refractivity contribution is 7.14. The second-order valence-corrected chi connectivity index (χ2v) is 9.26. The molecule has 2 aromatic carbocycles. The van der Waals surface area contributed by atoms with Gasteiger partial charge in [-0.2, -0.15) is 17.5 Å². The number of aromatic nitrogens is 2. The average Bonchev–Trinajstić information content (AvgIpc) is 3.30. The molecule has 4 aromatic rings. The number of anilines is 1. The van der Waals surface area contributed by atoms with Crippen LogP contribution < -0.4 is 14.4 Å². The first kappa shape index (κ1) is 24.3. The topological polar surface area (TPSA) is 56.7 Å². The van der Waals surface area contributed by atoms with Crippen molar-refractivity contribution < 1.29 is 27.4 Å². The number of pyridine rings is 1. The van der Waals surface area contributed by atoms with Gasteiger partial charge in [0.25, 0.3) is 5.88 Å². The van der Waals surface area contributed by atoms with E-state index in [9.17, 15) is 13.2 Å². The normalized spacial score (nSPS) is 16.4. The van der Waals surface area contributed by atoms with E-state index in [4.69, 9.17) is 19.2 Å². The van der Waals surface area contributed by atoms with E-state index in [1.165, 1.54) is 12.1 Å². The molecule has 0 aliphatic carbocycles.